The number of alkyl halides is 3. The van der Waals surface area contributed by atoms with E-state index in [4.69, 9.17) is 9.47 Å². The molecule has 128 valence electrons. The van der Waals surface area contributed by atoms with Gasteiger partial charge in [0, 0.05) is 18.9 Å². The largest absolute Gasteiger partial charge is 0.449 e. The second-order valence-electron chi connectivity index (χ2n) is 4.90. The molecule has 0 fully saturated rings. The van der Waals surface area contributed by atoms with E-state index >= 15 is 0 Å². The highest BCUT2D eigenvalue weighted by molar-refractivity contribution is 5.75. The van der Waals surface area contributed by atoms with Crippen molar-refractivity contribution in [3.05, 3.63) is 27.9 Å². The molecule has 0 aromatic carbocycles. The van der Waals surface area contributed by atoms with Crippen LogP contribution in [0.1, 0.15) is 25.4 Å². The first kappa shape index (κ1) is 17.5. The van der Waals surface area contributed by atoms with E-state index in [9.17, 15) is 18.0 Å². The number of aromatic amines is 1. The maximum absolute atomic E-state index is 13.3. The Labute approximate surface area is 130 Å². The number of aromatic nitrogens is 3. The van der Waals surface area contributed by atoms with Gasteiger partial charge in [-0.2, -0.15) is 13.2 Å². The summed E-state index contributed by atoms with van der Waals surface area (Å²) in [4.78, 5) is 18.7. The molecule has 0 atom stereocenters. The molecule has 9 heteroatoms. The minimum absolute atomic E-state index is 0.0829. The van der Waals surface area contributed by atoms with Crippen LogP contribution in [0.3, 0.4) is 0 Å². The lowest BCUT2D eigenvalue weighted by Crippen LogP contribution is -2.35. The summed E-state index contributed by atoms with van der Waals surface area (Å²) in [5.41, 5.74) is -0.307. The monoisotopic (exact) mass is 333 g/mol. The molecule has 23 heavy (non-hydrogen) atoms. The summed E-state index contributed by atoms with van der Waals surface area (Å²) in [6, 6.07) is 1.47. The van der Waals surface area contributed by atoms with Gasteiger partial charge in [0.25, 0.3) is 5.56 Å². The summed E-state index contributed by atoms with van der Waals surface area (Å²) in [6.45, 7) is 5.14. The average Bonchev–Trinajstić information content (AvgIpc) is 2.82. The van der Waals surface area contributed by atoms with E-state index in [1.807, 2.05) is 0 Å². The van der Waals surface area contributed by atoms with Crippen LogP contribution in [0, 0.1) is 6.92 Å². The number of fused-ring (bicyclic) bond motifs is 1. The van der Waals surface area contributed by atoms with Crippen LogP contribution >= 0.6 is 0 Å². The van der Waals surface area contributed by atoms with Crippen molar-refractivity contribution in [2.75, 3.05) is 13.2 Å². The standard InChI is InChI=1S/C14H18F3N3O3/c1-4-22-10(23-5-2)7-20-12(21)9-6-8(3)18-11(9)19-13(20)14(15,16)17/h6,10,18H,4-5,7H2,1-3H3. The maximum atomic E-state index is 13.3. The van der Waals surface area contributed by atoms with Gasteiger partial charge in [-0.05, 0) is 26.8 Å². The van der Waals surface area contributed by atoms with E-state index in [-0.39, 0.29) is 30.8 Å². The van der Waals surface area contributed by atoms with Crippen LogP contribution in [-0.4, -0.2) is 34.0 Å². The van der Waals surface area contributed by atoms with Gasteiger partial charge < -0.3 is 14.5 Å². The fourth-order valence-corrected chi connectivity index (χ4v) is 2.29. The third kappa shape index (κ3) is 3.73. The Morgan fingerprint density at radius 1 is 1.30 bits per heavy atom. The molecule has 0 unspecified atom stereocenters. The molecule has 0 amide bonds. The van der Waals surface area contributed by atoms with Crippen LogP contribution < -0.4 is 5.56 Å². The minimum Gasteiger partial charge on any atom is -0.351 e. The highest BCUT2D eigenvalue weighted by atomic mass is 19.4. The SMILES string of the molecule is CCOC(Cn1c(C(F)(F)F)nc2[nH]c(C)cc2c1=O)OCC. The molecule has 0 bridgehead atoms. The molecule has 0 spiro atoms. The van der Waals surface area contributed by atoms with Gasteiger partial charge in [0.05, 0.1) is 11.9 Å². The van der Waals surface area contributed by atoms with Crippen LogP contribution in [0.4, 0.5) is 13.2 Å². The fraction of sp³-hybridized carbons (Fsp3) is 0.571. The van der Waals surface area contributed by atoms with Crippen molar-refractivity contribution in [1.82, 2.24) is 14.5 Å². The second-order valence-corrected chi connectivity index (χ2v) is 4.90. The zero-order chi connectivity index (χ0) is 17.2. The number of H-pyrrole nitrogens is 1. The van der Waals surface area contributed by atoms with Crippen molar-refractivity contribution in [2.24, 2.45) is 0 Å². The molecule has 6 nitrogen and oxygen atoms in total. The molecule has 0 radical (unpaired) electrons. The average molecular weight is 333 g/mol. The van der Waals surface area contributed by atoms with Crippen LogP contribution in [0.5, 0.6) is 0 Å². The lowest BCUT2D eigenvalue weighted by molar-refractivity contribution is -0.160. The first-order valence-corrected chi connectivity index (χ1v) is 7.18. The molecule has 1 N–H and O–H groups in total. The van der Waals surface area contributed by atoms with Gasteiger partial charge in [0.15, 0.2) is 6.29 Å². The quantitative estimate of drug-likeness (QED) is 0.825. The molecular formula is C14H18F3N3O3. The van der Waals surface area contributed by atoms with Gasteiger partial charge in [0.1, 0.15) is 5.65 Å². The van der Waals surface area contributed by atoms with Crippen molar-refractivity contribution >= 4 is 11.0 Å². The molecule has 0 saturated heterocycles. The van der Waals surface area contributed by atoms with Crippen molar-refractivity contribution < 1.29 is 22.6 Å². The summed E-state index contributed by atoms with van der Waals surface area (Å²) in [6.07, 6.45) is -5.72. The lowest BCUT2D eigenvalue weighted by atomic mass is 10.3. The minimum atomic E-state index is -4.77. The van der Waals surface area contributed by atoms with E-state index < -0.39 is 23.8 Å². The molecule has 0 saturated carbocycles. The van der Waals surface area contributed by atoms with Crippen molar-refractivity contribution in [3.63, 3.8) is 0 Å². The number of halogens is 3. The predicted octanol–water partition coefficient (Wildman–Crippen LogP) is 2.45. The molecular weight excluding hydrogens is 315 g/mol. The van der Waals surface area contributed by atoms with Crippen LogP contribution in [0.25, 0.3) is 11.0 Å². The van der Waals surface area contributed by atoms with E-state index in [0.29, 0.717) is 10.3 Å². The topological polar surface area (TPSA) is 69.1 Å². The zero-order valence-corrected chi connectivity index (χ0v) is 13.0. The van der Waals surface area contributed by atoms with Crippen molar-refractivity contribution in [2.45, 2.75) is 39.8 Å². The normalized spacial score (nSPS) is 12.5. The number of rotatable bonds is 6. The highest BCUT2D eigenvalue weighted by Gasteiger charge is 2.38. The Morgan fingerprint density at radius 2 is 1.91 bits per heavy atom. The highest BCUT2D eigenvalue weighted by Crippen LogP contribution is 2.28. The Bertz CT molecular complexity index is 730. The Morgan fingerprint density at radius 3 is 2.43 bits per heavy atom. The first-order valence-electron chi connectivity index (χ1n) is 7.18. The summed E-state index contributed by atoms with van der Waals surface area (Å²) in [5, 5.41) is 0.0993. The van der Waals surface area contributed by atoms with Crippen LogP contribution in [0.15, 0.2) is 10.9 Å². The molecule has 2 aromatic rings. The van der Waals surface area contributed by atoms with E-state index in [2.05, 4.69) is 9.97 Å². The van der Waals surface area contributed by atoms with Crippen molar-refractivity contribution in [3.8, 4) is 0 Å². The first-order chi connectivity index (χ1) is 10.8. The third-order valence-electron chi connectivity index (χ3n) is 3.17. The molecule has 0 aliphatic heterocycles. The van der Waals surface area contributed by atoms with E-state index in [1.165, 1.54) is 6.07 Å². The molecule has 0 aliphatic carbocycles. The summed E-state index contributed by atoms with van der Waals surface area (Å²) in [5.74, 6) is -1.28. The molecule has 2 rings (SSSR count). The third-order valence-corrected chi connectivity index (χ3v) is 3.17. The molecule has 2 aromatic heterocycles. The Hall–Kier alpha value is -1.87. The van der Waals surface area contributed by atoms with Gasteiger partial charge in [-0.25, -0.2) is 4.98 Å². The van der Waals surface area contributed by atoms with Crippen molar-refractivity contribution in [1.29, 1.82) is 0 Å². The van der Waals surface area contributed by atoms with Gasteiger partial charge >= 0.3 is 6.18 Å². The number of ether oxygens (including phenoxy) is 2. The maximum Gasteiger partial charge on any atom is 0.449 e. The van der Waals surface area contributed by atoms with Gasteiger partial charge in [-0.1, -0.05) is 0 Å². The molecule has 2 heterocycles. The van der Waals surface area contributed by atoms with Crippen LogP contribution in [-0.2, 0) is 22.2 Å². The van der Waals surface area contributed by atoms with Crippen LogP contribution in [0.2, 0.25) is 0 Å². The Balaban J connectivity index is 2.59. The number of nitrogens with zero attached hydrogens (tertiary/aromatic N) is 2. The second kappa shape index (κ2) is 6.71. The van der Waals surface area contributed by atoms with E-state index in [0.717, 1.165) is 0 Å². The van der Waals surface area contributed by atoms with Gasteiger partial charge in [0.2, 0.25) is 5.82 Å². The number of nitrogens with one attached hydrogen (secondary N) is 1. The van der Waals surface area contributed by atoms with Gasteiger partial charge in [-0.15, -0.1) is 0 Å². The summed E-state index contributed by atoms with van der Waals surface area (Å²) >= 11 is 0. The summed E-state index contributed by atoms with van der Waals surface area (Å²) < 4.78 is 50.8. The zero-order valence-electron chi connectivity index (χ0n) is 13.0. The predicted molar refractivity (Wildman–Crippen MR) is 77.1 cm³/mol. The number of hydrogen-bond acceptors (Lipinski definition) is 4. The number of hydrogen-bond donors (Lipinski definition) is 1. The lowest BCUT2D eigenvalue weighted by Gasteiger charge is -2.20. The van der Waals surface area contributed by atoms with E-state index in [1.54, 1.807) is 20.8 Å². The fourth-order valence-electron chi connectivity index (χ4n) is 2.29. The summed E-state index contributed by atoms with van der Waals surface area (Å²) in [7, 11) is 0. The smallest absolute Gasteiger partial charge is 0.351 e. The number of aryl methyl sites for hydroxylation is 1. The Kier molecular flexibility index (Phi) is 5.10. The van der Waals surface area contributed by atoms with Gasteiger partial charge in [-0.3, -0.25) is 9.36 Å². The molecule has 0 aliphatic rings.